The second-order valence-electron chi connectivity index (χ2n) is 5.52. The molecule has 6 heteroatoms. The summed E-state index contributed by atoms with van der Waals surface area (Å²) < 4.78 is 10.6. The molecule has 2 rings (SSSR count). The SMILES string of the molecule is CC1CN(C(=O)COC(=O)/C=C/c2ccccc2Cl)CC(C)O1. The second kappa shape index (κ2) is 8.13. The highest BCUT2D eigenvalue weighted by molar-refractivity contribution is 6.32. The van der Waals surface area contributed by atoms with E-state index in [2.05, 4.69) is 0 Å². The molecular weight excluding hydrogens is 318 g/mol. The van der Waals surface area contributed by atoms with Crippen molar-refractivity contribution in [3.63, 3.8) is 0 Å². The van der Waals surface area contributed by atoms with Gasteiger partial charge in [0, 0.05) is 24.2 Å². The van der Waals surface area contributed by atoms with Gasteiger partial charge in [-0.3, -0.25) is 4.79 Å². The maximum Gasteiger partial charge on any atom is 0.331 e. The Bertz CT molecular complexity index is 592. The molecule has 0 N–H and O–H groups in total. The fourth-order valence-electron chi connectivity index (χ4n) is 2.42. The first kappa shape index (κ1) is 17.5. The fourth-order valence-corrected chi connectivity index (χ4v) is 2.62. The molecule has 1 aromatic rings. The lowest BCUT2D eigenvalue weighted by molar-refractivity contribution is -0.154. The van der Waals surface area contributed by atoms with Crippen molar-refractivity contribution in [3.8, 4) is 0 Å². The molecule has 23 heavy (non-hydrogen) atoms. The van der Waals surface area contributed by atoms with Crippen LogP contribution in [0.4, 0.5) is 0 Å². The van der Waals surface area contributed by atoms with Gasteiger partial charge in [0.15, 0.2) is 6.61 Å². The van der Waals surface area contributed by atoms with Gasteiger partial charge in [-0.05, 0) is 31.6 Å². The Morgan fingerprint density at radius 1 is 1.30 bits per heavy atom. The number of hydrogen-bond acceptors (Lipinski definition) is 4. The Hall–Kier alpha value is -1.85. The van der Waals surface area contributed by atoms with Gasteiger partial charge >= 0.3 is 5.97 Å². The summed E-state index contributed by atoms with van der Waals surface area (Å²) in [4.78, 5) is 25.4. The second-order valence-corrected chi connectivity index (χ2v) is 5.93. The summed E-state index contributed by atoms with van der Waals surface area (Å²) in [5, 5.41) is 0.545. The van der Waals surface area contributed by atoms with Crippen LogP contribution < -0.4 is 0 Å². The molecule has 1 saturated heterocycles. The zero-order valence-electron chi connectivity index (χ0n) is 13.2. The number of ether oxygens (including phenoxy) is 2. The van der Waals surface area contributed by atoms with Crippen molar-refractivity contribution in [2.24, 2.45) is 0 Å². The van der Waals surface area contributed by atoms with E-state index in [0.29, 0.717) is 23.7 Å². The highest BCUT2D eigenvalue weighted by Gasteiger charge is 2.26. The van der Waals surface area contributed by atoms with E-state index >= 15 is 0 Å². The van der Waals surface area contributed by atoms with E-state index in [1.54, 1.807) is 29.2 Å². The molecule has 1 aliphatic rings. The maximum absolute atomic E-state index is 12.1. The van der Waals surface area contributed by atoms with Crippen LogP contribution in [0.2, 0.25) is 5.02 Å². The van der Waals surface area contributed by atoms with Gasteiger partial charge in [-0.25, -0.2) is 4.79 Å². The molecule has 0 saturated carbocycles. The third-order valence-electron chi connectivity index (χ3n) is 3.41. The molecule has 0 aromatic heterocycles. The van der Waals surface area contributed by atoms with Crippen LogP contribution in [0.15, 0.2) is 30.3 Å². The summed E-state index contributed by atoms with van der Waals surface area (Å²) in [6.07, 6.45) is 2.80. The minimum absolute atomic E-state index is 0.0153. The van der Waals surface area contributed by atoms with Crippen molar-refractivity contribution in [1.29, 1.82) is 0 Å². The topological polar surface area (TPSA) is 55.8 Å². The van der Waals surface area contributed by atoms with Gasteiger partial charge in [0.1, 0.15) is 0 Å². The average Bonchev–Trinajstić information content (AvgIpc) is 2.51. The molecule has 1 heterocycles. The largest absolute Gasteiger partial charge is 0.452 e. The molecule has 1 aromatic carbocycles. The van der Waals surface area contributed by atoms with Crippen molar-refractivity contribution in [2.75, 3.05) is 19.7 Å². The van der Waals surface area contributed by atoms with E-state index in [1.807, 2.05) is 19.9 Å². The van der Waals surface area contributed by atoms with Crippen LogP contribution in [0.1, 0.15) is 19.4 Å². The number of hydrogen-bond donors (Lipinski definition) is 0. The van der Waals surface area contributed by atoms with Crippen LogP contribution in [0.25, 0.3) is 6.08 Å². The highest BCUT2D eigenvalue weighted by atomic mass is 35.5. The third-order valence-corrected chi connectivity index (χ3v) is 3.76. The number of carbonyl (C=O) groups excluding carboxylic acids is 2. The maximum atomic E-state index is 12.1. The van der Waals surface area contributed by atoms with E-state index in [1.165, 1.54) is 6.08 Å². The highest BCUT2D eigenvalue weighted by Crippen LogP contribution is 2.16. The third kappa shape index (κ3) is 5.37. The summed E-state index contributed by atoms with van der Waals surface area (Å²) in [7, 11) is 0. The number of halogens is 1. The van der Waals surface area contributed by atoms with Crippen molar-refractivity contribution in [3.05, 3.63) is 40.9 Å². The number of rotatable bonds is 4. The Morgan fingerprint density at radius 3 is 2.61 bits per heavy atom. The number of amides is 1. The molecule has 1 amide bonds. The van der Waals surface area contributed by atoms with Gasteiger partial charge in [0.25, 0.3) is 5.91 Å². The minimum Gasteiger partial charge on any atom is -0.452 e. The molecule has 1 aliphatic heterocycles. The molecule has 1 fully saturated rings. The molecule has 0 aliphatic carbocycles. The molecule has 5 nitrogen and oxygen atoms in total. The van der Waals surface area contributed by atoms with Crippen molar-refractivity contribution in [1.82, 2.24) is 4.90 Å². The molecular formula is C17H20ClNO4. The van der Waals surface area contributed by atoms with Gasteiger partial charge in [-0.15, -0.1) is 0 Å². The standard InChI is InChI=1S/C17H20ClNO4/c1-12-9-19(10-13(2)23-12)16(20)11-22-17(21)8-7-14-5-3-4-6-15(14)18/h3-8,12-13H,9-11H2,1-2H3/b8-7+. The van der Waals surface area contributed by atoms with Crippen molar-refractivity contribution in [2.45, 2.75) is 26.1 Å². The molecule has 0 spiro atoms. The van der Waals surface area contributed by atoms with Gasteiger partial charge in [-0.2, -0.15) is 0 Å². The zero-order chi connectivity index (χ0) is 16.8. The van der Waals surface area contributed by atoms with Crippen LogP contribution in [-0.2, 0) is 19.1 Å². The number of carbonyl (C=O) groups is 2. The van der Waals surface area contributed by atoms with Gasteiger partial charge in [-0.1, -0.05) is 29.8 Å². The average molecular weight is 338 g/mol. The van der Waals surface area contributed by atoms with E-state index in [-0.39, 0.29) is 24.7 Å². The molecule has 0 bridgehead atoms. The lowest BCUT2D eigenvalue weighted by Gasteiger charge is -2.35. The number of nitrogens with zero attached hydrogens (tertiary/aromatic N) is 1. The summed E-state index contributed by atoms with van der Waals surface area (Å²) in [5.41, 5.74) is 0.716. The number of benzene rings is 1. The first-order valence-corrected chi connectivity index (χ1v) is 7.86. The van der Waals surface area contributed by atoms with Gasteiger partial charge < -0.3 is 14.4 Å². The normalized spacial score (nSPS) is 21.4. The Labute approximate surface area is 140 Å². The number of morpholine rings is 1. The van der Waals surface area contributed by atoms with Crippen molar-refractivity contribution < 1.29 is 19.1 Å². The Kier molecular flexibility index (Phi) is 6.19. The van der Waals surface area contributed by atoms with Gasteiger partial charge in [0.05, 0.1) is 12.2 Å². The minimum atomic E-state index is -0.576. The van der Waals surface area contributed by atoms with Crippen LogP contribution in [-0.4, -0.2) is 48.7 Å². The molecule has 0 radical (unpaired) electrons. The lowest BCUT2D eigenvalue weighted by atomic mass is 10.2. The van der Waals surface area contributed by atoms with E-state index in [9.17, 15) is 9.59 Å². The van der Waals surface area contributed by atoms with E-state index in [0.717, 1.165) is 0 Å². The summed E-state index contributed by atoms with van der Waals surface area (Å²) >= 11 is 5.99. The smallest absolute Gasteiger partial charge is 0.331 e. The summed E-state index contributed by atoms with van der Waals surface area (Å²) in [5.74, 6) is -0.792. The number of esters is 1. The zero-order valence-corrected chi connectivity index (χ0v) is 14.0. The first-order chi connectivity index (χ1) is 11.0. The van der Waals surface area contributed by atoms with Crippen molar-refractivity contribution >= 4 is 29.6 Å². The van der Waals surface area contributed by atoms with Crippen LogP contribution >= 0.6 is 11.6 Å². The monoisotopic (exact) mass is 337 g/mol. The Balaban J connectivity index is 1.82. The summed E-state index contributed by atoms with van der Waals surface area (Å²) in [6.45, 7) is 4.57. The molecule has 2 atom stereocenters. The van der Waals surface area contributed by atoms with E-state index < -0.39 is 5.97 Å². The predicted octanol–water partition coefficient (Wildman–Crippen LogP) is 2.53. The molecule has 2 unspecified atom stereocenters. The lowest BCUT2D eigenvalue weighted by Crippen LogP contribution is -2.49. The fraction of sp³-hybridized carbons (Fsp3) is 0.412. The quantitative estimate of drug-likeness (QED) is 0.626. The van der Waals surface area contributed by atoms with Crippen LogP contribution in [0.3, 0.4) is 0 Å². The molecule has 124 valence electrons. The predicted molar refractivity (Wildman–Crippen MR) is 88.0 cm³/mol. The van der Waals surface area contributed by atoms with E-state index in [4.69, 9.17) is 21.1 Å². The first-order valence-electron chi connectivity index (χ1n) is 7.48. The Morgan fingerprint density at radius 2 is 1.96 bits per heavy atom. The van der Waals surface area contributed by atoms with Gasteiger partial charge in [0.2, 0.25) is 0 Å². The summed E-state index contributed by atoms with van der Waals surface area (Å²) in [6, 6.07) is 7.15. The van der Waals surface area contributed by atoms with Crippen LogP contribution in [0.5, 0.6) is 0 Å². The van der Waals surface area contributed by atoms with Crippen LogP contribution in [0, 0.1) is 0 Å².